The molecule has 0 bridgehead atoms. The summed E-state index contributed by atoms with van der Waals surface area (Å²) in [6.45, 7) is 2.48. The fraction of sp³-hybridized carbons (Fsp3) is 0.276. The average molecular weight is 461 g/mol. The largest absolute Gasteiger partial charge is 0.462 e. The highest BCUT2D eigenvalue weighted by Gasteiger charge is 2.15. The van der Waals surface area contributed by atoms with Gasteiger partial charge in [-0.3, -0.25) is 0 Å². The highest BCUT2D eigenvalue weighted by Crippen LogP contribution is 2.19. The molecular weight excluding hydrogens is 436 g/mol. The lowest BCUT2D eigenvalue weighted by atomic mass is 9.92. The lowest BCUT2D eigenvalue weighted by molar-refractivity contribution is 0.0498. The van der Waals surface area contributed by atoms with Crippen LogP contribution in [0.2, 0.25) is 0 Å². The normalized spacial score (nSPS) is 10.1. The molecule has 0 heterocycles. The lowest BCUT2D eigenvalue weighted by Crippen LogP contribution is -2.19. The first-order valence-electron chi connectivity index (χ1n) is 11.6. The van der Waals surface area contributed by atoms with Crippen molar-refractivity contribution in [3.63, 3.8) is 0 Å². The second kappa shape index (κ2) is 12.0. The van der Waals surface area contributed by atoms with Crippen molar-refractivity contribution in [1.29, 1.82) is 21.0 Å². The summed E-state index contributed by atoms with van der Waals surface area (Å²) < 4.78 is 5.46. The van der Waals surface area contributed by atoms with Gasteiger partial charge < -0.3 is 4.74 Å². The van der Waals surface area contributed by atoms with Crippen LogP contribution in [0.4, 0.5) is 0 Å². The Morgan fingerprint density at radius 2 is 1.23 bits per heavy atom. The van der Waals surface area contributed by atoms with Gasteiger partial charge in [0.2, 0.25) is 0 Å². The number of nitriles is 4. The number of nitrogens with zero attached hydrogens (tertiary/aromatic N) is 4. The van der Waals surface area contributed by atoms with Gasteiger partial charge in [0.25, 0.3) is 0 Å². The third-order valence-corrected chi connectivity index (χ3v) is 5.94. The molecule has 0 saturated heterocycles. The highest BCUT2D eigenvalue weighted by molar-refractivity contribution is 6.07. The number of hydrogen-bond acceptors (Lipinski definition) is 6. The topological polar surface area (TPSA) is 121 Å². The monoisotopic (exact) mass is 460 g/mol. The maximum atomic E-state index is 12.8. The standard InChI is InChI=1S/C29H24N4O2/c1-2-3-4-5-6-9-14-35-29(34)20-12-13-25-26(15-20)28(22(18-32)19-33)24-11-8-7-10-23(24)27(25)21(16-30)17-31/h7-8,10-13,15H,2-6,9,14H2,1H3. The number of unbranched alkanes of at least 4 members (excludes halogenated alkanes) is 5. The Labute approximate surface area is 204 Å². The molecule has 0 unspecified atom stereocenters. The maximum Gasteiger partial charge on any atom is 0.338 e. The van der Waals surface area contributed by atoms with Crippen LogP contribution < -0.4 is 10.4 Å². The highest BCUT2D eigenvalue weighted by atomic mass is 16.5. The third-order valence-electron chi connectivity index (χ3n) is 5.94. The molecule has 0 amide bonds. The van der Waals surface area contributed by atoms with Gasteiger partial charge in [-0.2, -0.15) is 21.0 Å². The molecule has 0 spiro atoms. The molecular formula is C29H24N4O2. The van der Waals surface area contributed by atoms with Crippen molar-refractivity contribution in [2.45, 2.75) is 45.4 Å². The Morgan fingerprint density at radius 1 is 0.714 bits per heavy atom. The number of fused-ring (bicyclic) bond motifs is 2. The van der Waals surface area contributed by atoms with Crippen LogP contribution in [0.3, 0.4) is 0 Å². The Bertz CT molecular complexity index is 1540. The van der Waals surface area contributed by atoms with Crippen molar-refractivity contribution in [2.75, 3.05) is 6.61 Å². The SMILES string of the molecule is CCCCCCCCOC(=O)c1ccc2c(=C(C#N)C#N)c3ccccc3c(=C(C#N)C#N)c2c1. The van der Waals surface area contributed by atoms with Gasteiger partial charge in [-0.25, -0.2) is 4.79 Å². The van der Waals surface area contributed by atoms with Gasteiger partial charge in [-0.05, 0) is 40.1 Å². The van der Waals surface area contributed by atoms with Crippen LogP contribution >= 0.6 is 0 Å². The molecule has 6 nitrogen and oxygen atoms in total. The fourth-order valence-corrected chi connectivity index (χ4v) is 4.25. The predicted octanol–water partition coefficient (Wildman–Crippen LogP) is 4.91. The Balaban J connectivity index is 2.18. The molecule has 0 aliphatic rings. The number of carbonyl (C=O) groups is 1. The van der Waals surface area contributed by atoms with Crippen molar-refractivity contribution in [1.82, 2.24) is 0 Å². The van der Waals surface area contributed by atoms with Crippen LogP contribution in [0.1, 0.15) is 55.8 Å². The summed E-state index contributed by atoms with van der Waals surface area (Å²) >= 11 is 0. The second-order valence-corrected chi connectivity index (χ2v) is 8.16. The summed E-state index contributed by atoms with van der Waals surface area (Å²) in [6.07, 6.45) is 6.44. The van der Waals surface area contributed by atoms with Crippen molar-refractivity contribution in [2.24, 2.45) is 0 Å². The van der Waals surface area contributed by atoms with E-state index in [0.717, 1.165) is 19.3 Å². The maximum absolute atomic E-state index is 12.8. The zero-order chi connectivity index (χ0) is 25.2. The van der Waals surface area contributed by atoms with E-state index >= 15 is 0 Å². The van der Waals surface area contributed by atoms with Gasteiger partial charge in [0.15, 0.2) is 0 Å². The van der Waals surface area contributed by atoms with Crippen LogP contribution in [0.25, 0.3) is 32.7 Å². The molecule has 0 fully saturated rings. The minimum absolute atomic E-state index is 0.0911. The van der Waals surface area contributed by atoms with E-state index in [9.17, 15) is 25.8 Å². The van der Waals surface area contributed by atoms with E-state index in [1.54, 1.807) is 42.5 Å². The van der Waals surface area contributed by atoms with E-state index in [1.165, 1.54) is 19.3 Å². The first-order chi connectivity index (χ1) is 17.1. The van der Waals surface area contributed by atoms with Crippen molar-refractivity contribution >= 4 is 38.7 Å². The number of rotatable bonds is 8. The number of benzene rings is 3. The van der Waals surface area contributed by atoms with Crippen LogP contribution in [-0.2, 0) is 4.74 Å². The average Bonchev–Trinajstić information content (AvgIpc) is 2.89. The summed E-state index contributed by atoms with van der Waals surface area (Å²) in [5.41, 5.74) is 0.0640. The second-order valence-electron chi connectivity index (χ2n) is 8.16. The van der Waals surface area contributed by atoms with Gasteiger partial charge >= 0.3 is 5.97 Å². The van der Waals surface area contributed by atoms with Gasteiger partial charge in [-0.15, -0.1) is 0 Å². The van der Waals surface area contributed by atoms with Gasteiger partial charge in [0.05, 0.1) is 12.2 Å². The molecule has 6 heteroatoms. The fourth-order valence-electron chi connectivity index (χ4n) is 4.25. The van der Waals surface area contributed by atoms with E-state index in [1.807, 2.05) is 24.3 Å². The molecule has 35 heavy (non-hydrogen) atoms. The van der Waals surface area contributed by atoms with Crippen LogP contribution in [0, 0.1) is 45.3 Å². The molecule has 0 N–H and O–H groups in total. The molecule has 0 aliphatic heterocycles. The first-order valence-corrected chi connectivity index (χ1v) is 11.6. The molecule has 0 radical (unpaired) electrons. The Morgan fingerprint density at radius 3 is 1.80 bits per heavy atom. The summed E-state index contributed by atoms with van der Waals surface area (Å²) in [6, 6.07) is 19.6. The summed E-state index contributed by atoms with van der Waals surface area (Å²) in [4.78, 5) is 12.8. The van der Waals surface area contributed by atoms with Gasteiger partial charge in [-0.1, -0.05) is 69.4 Å². The minimum atomic E-state index is -0.499. The summed E-state index contributed by atoms with van der Waals surface area (Å²) in [7, 11) is 0. The Hall–Kier alpha value is -4.65. The van der Waals surface area contributed by atoms with Crippen molar-refractivity contribution < 1.29 is 9.53 Å². The lowest BCUT2D eigenvalue weighted by Gasteiger charge is -2.10. The number of esters is 1. The number of hydrogen-bond donors (Lipinski definition) is 0. The molecule has 3 aromatic rings. The smallest absolute Gasteiger partial charge is 0.338 e. The van der Waals surface area contributed by atoms with Crippen molar-refractivity contribution in [3.05, 3.63) is 58.5 Å². The summed E-state index contributed by atoms with van der Waals surface area (Å²) in [5, 5.41) is 41.4. The first kappa shape index (κ1) is 25.0. The molecule has 3 aromatic carbocycles. The van der Waals surface area contributed by atoms with Gasteiger partial charge in [0, 0.05) is 10.4 Å². The molecule has 0 atom stereocenters. The molecule has 0 aliphatic carbocycles. The Kier molecular flexibility index (Phi) is 8.56. The van der Waals surface area contributed by atoms with Crippen LogP contribution in [-0.4, -0.2) is 12.6 Å². The zero-order valence-electron chi connectivity index (χ0n) is 19.6. The molecule has 172 valence electrons. The van der Waals surface area contributed by atoms with Crippen LogP contribution in [0.15, 0.2) is 42.5 Å². The zero-order valence-corrected chi connectivity index (χ0v) is 19.6. The number of ether oxygens (including phenoxy) is 1. The molecule has 0 aromatic heterocycles. The number of carbonyl (C=O) groups excluding carboxylic acids is 1. The minimum Gasteiger partial charge on any atom is -0.462 e. The molecule has 3 rings (SSSR count). The quantitative estimate of drug-likeness (QED) is 0.267. The molecule has 0 saturated carbocycles. The van der Waals surface area contributed by atoms with E-state index in [2.05, 4.69) is 6.92 Å². The van der Waals surface area contributed by atoms with E-state index < -0.39 is 5.97 Å². The van der Waals surface area contributed by atoms with E-state index in [4.69, 9.17) is 4.74 Å². The third kappa shape index (κ3) is 5.30. The summed E-state index contributed by atoms with van der Waals surface area (Å²) in [5.74, 6) is -0.499. The van der Waals surface area contributed by atoms with Gasteiger partial charge in [0.1, 0.15) is 35.4 Å². The van der Waals surface area contributed by atoms with E-state index in [-0.39, 0.29) is 16.7 Å². The van der Waals surface area contributed by atoms with E-state index in [0.29, 0.717) is 38.6 Å². The van der Waals surface area contributed by atoms with Crippen molar-refractivity contribution in [3.8, 4) is 24.3 Å². The predicted molar refractivity (Wildman–Crippen MR) is 134 cm³/mol. The van der Waals surface area contributed by atoms with Crippen LogP contribution in [0.5, 0.6) is 0 Å².